The molecule has 0 spiro atoms. The van der Waals surface area contributed by atoms with Crippen molar-refractivity contribution < 1.29 is 9.90 Å². The van der Waals surface area contributed by atoms with Crippen LogP contribution in [0.1, 0.15) is 41.8 Å². The van der Waals surface area contributed by atoms with Crippen molar-refractivity contribution in [3.63, 3.8) is 0 Å². The fraction of sp³-hybridized carbons (Fsp3) is 0.714. The van der Waals surface area contributed by atoms with Crippen molar-refractivity contribution in [2.24, 2.45) is 0 Å². The minimum Gasteiger partial charge on any atom is -0.388 e. The first kappa shape index (κ1) is 15.3. The zero-order chi connectivity index (χ0) is 14.6. The lowest BCUT2D eigenvalue weighted by Crippen LogP contribution is -2.50. The van der Waals surface area contributed by atoms with E-state index in [0.717, 1.165) is 42.8 Å². The van der Waals surface area contributed by atoms with Crippen LogP contribution in [0.2, 0.25) is 0 Å². The van der Waals surface area contributed by atoms with Crippen LogP contribution in [0.15, 0.2) is 0 Å². The summed E-state index contributed by atoms with van der Waals surface area (Å²) >= 11 is 1.70. The van der Waals surface area contributed by atoms with Gasteiger partial charge in [0, 0.05) is 24.4 Å². The molecule has 6 heteroatoms. The van der Waals surface area contributed by atoms with Gasteiger partial charge in [-0.25, -0.2) is 9.78 Å². The number of hydrogen-bond acceptors (Lipinski definition) is 4. The average molecular weight is 297 g/mol. The third-order valence-electron chi connectivity index (χ3n) is 3.76. The van der Waals surface area contributed by atoms with E-state index in [1.54, 1.807) is 11.3 Å². The summed E-state index contributed by atoms with van der Waals surface area (Å²) in [6.45, 7) is 5.09. The average Bonchev–Trinajstić information content (AvgIpc) is 2.74. The van der Waals surface area contributed by atoms with E-state index in [1.807, 2.05) is 0 Å². The van der Waals surface area contributed by atoms with Gasteiger partial charge in [0.2, 0.25) is 0 Å². The Balaban J connectivity index is 1.65. The second-order valence-electron chi connectivity index (χ2n) is 5.40. The molecule has 0 bridgehead atoms. The van der Waals surface area contributed by atoms with Gasteiger partial charge in [-0.05, 0) is 32.6 Å². The summed E-state index contributed by atoms with van der Waals surface area (Å²) in [6.07, 6.45) is 4.32. The summed E-state index contributed by atoms with van der Waals surface area (Å²) in [5.74, 6) is 0. The van der Waals surface area contributed by atoms with Gasteiger partial charge in [0.25, 0.3) is 0 Å². The number of carbonyl (C=O) groups is 1. The molecule has 1 aliphatic carbocycles. The smallest absolute Gasteiger partial charge is 0.314 e. The van der Waals surface area contributed by atoms with Crippen molar-refractivity contribution in [1.82, 2.24) is 15.6 Å². The van der Waals surface area contributed by atoms with Gasteiger partial charge in [-0.15, -0.1) is 11.3 Å². The number of nitrogens with zero attached hydrogens (tertiary/aromatic N) is 1. The summed E-state index contributed by atoms with van der Waals surface area (Å²) in [7, 11) is 0. The summed E-state index contributed by atoms with van der Waals surface area (Å²) in [5, 5.41) is 16.5. The van der Waals surface area contributed by atoms with Crippen molar-refractivity contribution >= 4 is 17.4 Å². The first-order chi connectivity index (χ1) is 9.52. The van der Waals surface area contributed by atoms with E-state index < -0.39 is 5.60 Å². The molecular weight excluding hydrogens is 274 g/mol. The molecule has 2 rings (SSSR count). The maximum absolute atomic E-state index is 11.6. The topological polar surface area (TPSA) is 74.2 Å². The molecule has 112 valence electrons. The Bertz CT molecular complexity index is 469. The van der Waals surface area contributed by atoms with Gasteiger partial charge in [-0.1, -0.05) is 6.92 Å². The van der Waals surface area contributed by atoms with Crippen LogP contribution in [0.4, 0.5) is 4.79 Å². The van der Waals surface area contributed by atoms with Crippen LogP contribution in [0.25, 0.3) is 0 Å². The van der Waals surface area contributed by atoms with Crippen LogP contribution in [0.5, 0.6) is 0 Å². The van der Waals surface area contributed by atoms with E-state index in [-0.39, 0.29) is 6.03 Å². The van der Waals surface area contributed by atoms with Gasteiger partial charge in [0.15, 0.2) is 0 Å². The van der Waals surface area contributed by atoms with Crippen molar-refractivity contribution in [3.05, 3.63) is 15.6 Å². The Morgan fingerprint density at radius 1 is 1.45 bits per heavy atom. The second-order valence-corrected chi connectivity index (χ2v) is 6.69. The quantitative estimate of drug-likeness (QED) is 0.749. The van der Waals surface area contributed by atoms with E-state index in [9.17, 15) is 9.90 Å². The number of rotatable bonds is 6. The number of urea groups is 1. The van der Waals surface area contributed by atoms with E-state index in [0.29, 0.717) is 13.1 Å². The maximum Gasteiger partial charge on any atom is 0.314 e. The highest BCUT2D eigenvalue weighted by molar-refractivity contribution is 7.11. The second kappa shape index (κ2) is 6.54. The Morgan fingerprint density at radius 2 is 2.20 bits per heavy atom. The predicted molar refractivity (Wildman–Crippen MR) is 80.1 cm³/mol. The first-order valence-corrected chi connectivity index (χ1v) is 8.03. The summed E-state index contributed by atoms with van der Waals surface area (Å²) < 4.78 is 0. The SMILES string of the molecule is CCc1nc(CCNC(=O)NCC2(O)CCC2)sc1C. The van der Waals surface area contributed by atoms with Gasteiger partial charge < -0.3 is 15.7 Å². The number of nitrogens with one attached hydrogen (secondary N) is 2. The summed E-state index contributed by atoms with van der Waals surface area (Å²) in [5.41, 5.74) is 0.487. The number of aryl methyl sites for hydroxylation is 2. The van der Waals surface area contributed by atoms with E-state index in [1.165, 1.54) is 4.88 Å². The van der Waals surface area contributed by atoms with Crippen LogP contribution in [-0.2, 0) is 12.8 Å². The van der Waals surface area contributed by atoms with E-state index in [4.69, 9.17) is 0 Å². The Hall–Kier alpha value is -1.14. The monoisotopic (exact) mass is 297 g/mol. The molecule has 20 heavy (non-hydrogen) atoms. The van der Waals surface area contributed by atoms with Gasteiger partial charge in [-0.3, -0.25) is 0 Å². The van der Waals surface area contributed by atoms with Gasteiger partial charge >= 0.3 is 6.03 Å². The van der Waals surface area contributed by atoms with Crippen LogP contribution in [-0.4, -0.2) is 34.8 Å². The minimum absolute atomic E-state index is 0.214. The third-order valence-corrected chi connectivity index (χ3v) is 4.83. The van der Waals surface area contributed by atoms with E-state index >= 15 is 0 Å². The lowest BCUT2D eigenvalue weighted by Gasteiger charge is -2.36. The molecule has 0 radical (unpaired) electrons. The number of carbonyl (C=O) groups excluding carboxylic acids is 1. The van der Waals surface area contributed by atoms with Crippen molar-refractivity contribution in [2.75, 3.05) is 13.1 Å². The molecule has 1 aliphatic rings. The molecule has 3 N–H and O–H groups in total. The summed E-state index contributed by atoms with van der Waals surface area (Å²) in [4.78, 5) is 17.4. The number of hydrogen-bond donors (Lipinski definition) is 3. The molecule has 1 aromatic rings. The van der Waals surface area contributed by atoms with E-state index in [2.05, 4.69) is 29.5 Å². The highest BCUT2D eigenvalue weighted by atomic mass is 32.1. The van der Waals surface area contributed by atoms with Crippen molar-refractivity contribution in [3.8, 4) is 0 Å². The highest BCUT2D eigenvalue weighted by Crippen LogP contribution is 2.30. The van der Waals surface area contributed by atoms with Crippen LogP contribution in [0, 0.1) is 6.92 Å². The molecule has 1 aromatic heterocycles. The van der Waals surface area contributed by atoms with Gasteiger partial charge in [-0.2, -0.15) is 0 Å². The summed E-state index contributed by atoms with van der Waals surface area (Å²) in [6, 6.07) is -0.214. The molecule has 0 aromatic carbocycles. The molecule has 1 saturated carbocycles. The number of amides is 2. The van der Waals surface area contributed by atoms with Gasteiger partial charge in [0.1, 0.15) is 0 Å². The van der Waals surface area contributed by atoms with Gasteiger partial charge in [0.05, 0.1) is 16.3 Å². The van der Waals surface area contributed by atoms with Crippen LogP contribution < -0.4 is 10.6 Å². The molecule has 1 heterocycles. The van der Waals surface area contributed by atoms with Crippen molar-refractivity contribution in [1.29, 1.82) is 0 Å². The lowest BCUT2D eigenvalue weighted by atomic mass is 9.80. The Kier molecular flexibility index (Phi) is 4.99. The van der Waals surface area contributed by atoms with Crippen molar-refractivity contribution in [2.45, 2.75) is 51.6 Å². The molecule has 0 saturated heterocycles. The lowest BCUT2D eigenvalue weighted by molar-refractivity contribution is -0.0290. The standard InChI is InChI=1S/C14H23N3O2S/c1-3-11-10(2)20-12(17-11)5-8-15-13(18)16-9-14(19)6-4-7-14/h19H,3-9H2,1-2H3,(H2,15,16,18). The molecule has 2 amide bonds. The Morgan fingerprint density at radius 3 is 2.75 bits per heavy atom. The molecule has 5 nitrogen and oxygen atoms in total. The molecular formula is C14H23N3O2S. The zero-order valence-corrected chi connectivity index (χ0v) is 13.0. The largest absolute Gasteiger partial charge is 0.388 e. The Labute approximate surface area is 123 Å². The first-order valence-electron chi connectivity index (χ1n) is 7.22. The molecule has 0 unspecified atom stereocenters. The van der Waals surface area contributed by atoms with Crippen LogP contribution >= 0.6 is 11.3 Å². The molecule has 1 fully saturated rings. The fourth-order valence-electron chi connectivity index (χ4n) is 2.27. The highest BCUT2D eigenvalue weighted by Gasteiger charge is 2.34. The number of aliphatic hydroxyl groups is 1. The maximum atomic E-state index is 11.6. The zero-order valence-electron chi connectivity index (χ0n) is 12.2. The number of thiazole rings is 1. The third kappa shape index (κ3) is 3.93. The molecule has 0 aliphatic heterocycles. The molecule has 0 atom stereocenters. The van der Waals surface area contributed by atoms with Crippen LogP contribution in [0.3, 0.4) is 0 Å². The predicted octanol–water partition coefficient (Wildman–Crippen LogP) is 1.77. The normalized spacial score (nSPS) is 16.6. The minimum atomic E-state index is -0.667. The number of aromatic nitrogens is 1. The fourth-order valence-corrected chi connectivity index (χ4v) is 3.30.